The van der Waals surface area contributed by atoms with Crippen LogP contribution in [0.15, 0.2) is 28.7 Å². The predicted molar refractivity (Wildman–Crippen MR) is 48.8 cm³/mol. The van der Waals surface area contributed by atoms with Gasteiger partial charge < -0.3 is 9.47 Å². The van der Waals surface area contributed by atoms with E-state index in [0.29, 0.717) is 13.4 Å². The van der Waals surface area contributed by atoms with Crippen LogP contribution in [0, 0.1) is 0 Å². The molecular formula is C9H9BrO2. The molecule has 2 rings (SSSR count). The van der Waals surface area contributed by atoms with Crippen molar-refractivity contribution >= 4 is 15.9 Å². The number of halogens is 1. The van der Waals surface area contributed by atoms with E-state index in [1.165, 1.54) is 5.56 Å². The Balaban J connectivity index is 2.17. The highest BCUT2D eigenvalue weighted by Gasteiger charge is 2.17. The summed E-state index contributed by atoms with van der Waals surface area (Å²) in [5.41, 5.74) is 1.18. The monoisotopic (exact) mass is 228 g/mol. The second-order valence-corrected chi connectivity index (χ2v) is 3.61. The molecule has 1 aliphatic heterocycles. The van der Waals surface area contributed by atoms with Crippen LogP contribution in [0.3, 0.4) is 0 Å². The Kier molecular flexibility index (Phi) is 2.44. The minimum absolute atomic E-state index is 0.123. The lowest BCUT2D eigenvalue weighted by atomic mass is 10.1. The summed E-state index contributed by atoms with van der Waals surface area (Å²) in [5, 5.41) is 0. The smallest absolute Gasteiger partial charge is 0.147 e. The normalized spacial score (nSPS) is 22.9. The highest BCUT2D eigenvalue weighted by Crippen LogP contribution is 2.23. The molecule has 0 spiro atoms. The Hall–Kier alpha value is -0.380. The van der Waals surface area contributed by atoms with Crippen LogP contribution in [0.5, 0.6) is 0 Å². The highest BCUT2D eigenvalue weighted by atomic mass is 79.9. The lowest BCUT2D eigenvalue weighted by Gasteiger charge is -2.06. The molecule has 12 heavy (non-hydrogen) atoms. The first kappa shape index (κ1) is 8.23. The second-order valence-electron chi connectivity index (χ2n) is 2.70. The SMILES string of the molecule is Brc1ccc(C2COCO2)cc1. The van der Waals surface area contributed by atoms with E-state index >= 15 is 0 Å². The Bertz CT molecular complexity index is 252. The van der Waals surface area contributed by atoms with Crippen molar-refractivity contribution in [2.75, 3.05) is 13.4 Å². The van der Waals surface area contributed by atoms with E-state index in [1.807, 2.05) is 24.3 Å². The van der Waals surface area contributed by atoms with E-state index in [4.69, 9.17) is 9.47 Å². The van der Waals surface area contributed by atoms with Gasteiger partial charge in [-0.15, -0.1) is 0 Å². The van der Waals surface area contributed by atoms with Crippen LogP contribution in [-0.2, 0) is 9.47 Å². The van der Waals surface area contributed by atoms with Gasteiger partial charge in [-0.1, -0.05) is 28.1 Å². The second kappa shape index (κ2) is 3.56. The minimum Gasteiger partial charge on any atom is -0.352 e. The molecule has 3 heteroatoms. The van der Waals surface area contributed by atoms with Crippen molar-refractivity contribution in [2.24, 2.45) is 0 Å². The standard InChI is InChI=1S/C9H9BrO2/c10-8-3-1-7(2-4-8)9-5-11-6-12-9/h1-4,9H,5-6H2. The van der Waals surface area contributed by atoms with E-state index in [1.54, 1.807) is 0 Å². The number of ether oxygens (including phenoxy) is 2. The highest BCUT2D eigenvalue weighted by molar-refractivity contribution is 9.10. The van der Waals surface area contributed by atoms with Crippen LogP contribution in [0.25, 0.3) is 0 Å². The van der Waals surface area contributed by atoms with E-state index in [9.17, 15) is 0 Å². The Morgan fingerprint density at radius 2 is 2.00 bits per heavy atom. The Morgan fingerprint density at radius 1 is 1.25 bits per heavy atom. The van der Waals surface area contributed by atoms with Gasteiger partial charge in [0.2, 0.25) is 0 Å². The third kappa shape index (κ3) is 1.68. The molecule has 1 aliphatic rings. The molecule has 2 nitrogen and oxygen atoms in total. The summed E-state index contributed by atoms with van der Waals surface area (Å²) in [6.07, 6.45) is 0.123. The summed E-state index contributed by atoms with van der Waals surface area (Å²) in [6.45, 7) is 1.09. The van der Waals surface area contributed by atoms with Crippen LogP contribution in [0.2, 0.25) is 0 Å². The molecule has 0 bridgehead atoms. The van der Waals surface area contributed by atoms with Gasteiger partial charge in [0.15, 0.2) is 0 Å². The zero-order chi connectivity index (χ0) is 8.39. The summed E-state index contributed by atoms with van der Waals surface area (Å²) in [6, 6.07) is 8.11. The molecule has 1 unspecified atom stereocenters. The van der Waals surface area contributed by atoms with Gasteiger partial charge in [-0.25, -0.2) is 0 Å². The van der Waals surface area contributed by atoms with Crippen LogP contribution < -0.4 is 0 Å². The first-order chi connectivity index (χ1) is 5.86. The van der Waals surface area contributed by atoms with Gasteiger partial charge in [-0.3, -0.25) is 0 Å². The maximum absolute atomic E-state index is 5.34. The molecule has 1 aromatic rings. The molecule has 0 N–H and O–H groups in total. The van der Waals surface area contributed by atoms with E-state index in [0.717, 1.165) is 4.47 Å². The quantitative estimate of drug-likeness (QED) is 0.736. The Morgan fingerprint density at radius 3 is 2.58 bits per heavy atom. The van der Waals surface area contributed by atoms with Crippen molar-refractivity contribution in [3.8, 4) is 0 Å². The van der Waals surface area contributed by atoms with Gasteiger partial charge in [0.05, 0.1) is 6.61 Å². The van der Waals surface area contributed by atoms with Crippen LogP contribution in [0.1, 0.15) is 11.7 Å². The average Bonchev–Trinajstić information content (AvgIpc) is 2.58. The maximum Gasteiger partial charge on any atom is 0.147 e. The van der Waals surface area contributed by atoms with Crippen molar-refractivity contribution in [3.05, 3.63) is 34.3 Å². The van der Waals surface area contributed by atoms with Crippen LogP contribution in [-0.4, -0.2) is 13.4 Å². The zero-order valence-electron chi connectivity index (χ0n) is 6.50. The molecule has 1 saturated heterocycles. The molecule has 64 valence electrons. The molecule has 0 aromatic heterocycles. The summed E-state index contributed by atoms with van der Waals surface area (Å²) in [5.74, 6) is 0. The molecule has 1 fully saturated rings. The lowest BCUT2D eigenvalue weighted by Crippen LogP contribution is -1.98. The minimum atomic E-state index is 0.123. The van der Waals surface area contributed by atoms with Gasteiger partial charge in [0.1, 0.15) is 12.9 Å². The summed E-state index contributed by atoms with van der Waals surface area (Å²) >= 11 is 3.38. The maximum atomic E-state index is 5.34. The molecular weight excluding hydrogens is 220 g/mol. The molecule has 0 radical (unpaired) electrons. The number of benzene rings is 1. The van der Waals surface area contributed by atoms with Crippen LogP contribution in [0.4, 0.5) is 0 Å². The first-order valence-electron chi connectivity index (χ1n) is 3.81. The number of rotatable bonds is 1. The van der Waals surface area contributed by atoms with Crippen molar-refractivity contribution in [1.29, 1.82) is 0 Å². The van der Waals surface area contributed by atoms with Gasteiger partial charge in [0, 0.05) is 4.47 Å². The molecule has 1 heterocycles. The lowest BCUT2D eigenvalue weighted by molar-refractivity contribution is 0.0466. The number of hydrogen-bond acceptors (Lipinski definition) is 2. The zero-order valence-corrected chi connectivity index (χ0v) is 8.08. The van der Waals surface area contributed by atoms with Crippen molar-refractivity contribution in [2.45, 2.75) is 6.10 Å². The number of hydrogen-bond donors (Lipinski definition) is 0. The molecule has 1 atom stereocenters. The molecule has 1 aromatic carbocycles. The largest absolute Gasteiger partial charge is 0.352 e. The average molecular weight is 229 g/mol. The Labute approximate surface area is 79.6 Å². The molecule has 0 amide bonds. The summed E-state index contributed by atoms with van der Waals surface area (Å²) < 4.78 is 11.5. The van der Waals surface area contributed by atoms with E-state index in [2.05, 4.69) is 15.9 Å². The van der Waals surface area contributed by atoms with Gasteiger partial charge >= 0.3 is 0 Å². The predicted octanol–water partition coefficient (Wildman–Crippen LogP) is 2.49. The van der Waals surface area contributed by atoms with Gasteiger partial charge in [0.25, 0.3) is 0 Å². The van der Waals surface area contributed by atoms with Crippen molar-refractivity contribution in [3.63, 3.8) is 0 Å². The first-order valence-corrected chi connectivity index (χ1v) is 4.60. The van der Waals surface area contributed by atoms with Gasteiger partial charge in [-0.2, -0.15) is 0 Å². The van der Waals surface area contributed by atoms with Crippen molar-refractivity contribution < 1.29 is 9.47 Å². The molecule has 0 saturated carbocycles. The fraction of sp³-hybridized carbons (Fsp3) is 0.333. The topological polar surface area (TPSA) is 18.5 Å². The fourth-order valence-corrected chi connectivity index (χ4v) is 1.47. The third-order valence-electron chi connectivity index (χ3n) is 1.86. The molecule has 0 aliphatic carbocycles. The summed E-state index contributed by atoms with van der Waals surface area (Å²) in [4.78, 5) is 0. The summed E-state index contributed by atoms with van der Waals surface area (Å²) in [7, 11) is 0. The van der Waals surface area contributed by atoms with E-state index < -0.39 is 0 Å². The third-order valence-corrected chi connectivity index (χ3v) is 2.39. The van der Waals surface area contributed by atoms with Crippen molar-refractivity contribution in [1.82, 2.24) is 0 Å². The van der Waals surface area contributed by atoms with Crippen LogP contribution >= 0.6 is 15.9 Å². The fourth-order valence-electron chi connectivity index (χ4n) is 1.20. The van der Waals surface area contributed by atoms with E-state index in [-0.39, 0.29) is 6.10 Å². The van der Waals surface area contributed by atoms with Gasteiger partial charge in [-0.05, 0) is 17.7 Å².